The maximum Gasteiger partial charge on any atom is 0.456 e. The van der Waals surface area contributed by atoms with Crippen molar-refractivity contribution in [2.75, 3.05) is 13.2 Å². The molecular formula is C9H9F5O4. The summed E-state index contributed by atoms with van der Waals surface area (Å²) in [6.07, 6.45) is -5.82. The lowest BCUT2D eigenvalue weighted by molar-refractivity contribution is -0.294. The van der Waals surface area contributed by atoms with Crippen LogP contribution in [0.3, 0.4) is 0 Å². The molecule has 0 saturated carbocycles. The Kier molecular flexibility index (Phi) is 5.25. The molecule has 0 aromatic rings. The molecule has 0 aliphatic heterocycles. The van der Waals surface area contributed by atoms with E-state index in [1.807, 2.05) is 0 Å². The Bertz CT molecular complexity index is 347. The molecule has 0 N–H and O–H groups in total. The van der Waals surface area contributed by atoms with Crippen LogP contribution in [0.15, 0.2) is 12.2 Å². The van der Waals surface area contributed by atoms with Gasteiger partial charge in [0.1, 0.15) is 0 Å². The minimum Gasteiger partial charge on any atom is -0.456 e. The lowest BCUT2D eigenvalue weighted by Gasteiger charge is -2.18. The molecule has 0 aliphatic carbocycles. The van der Waals surface area contributed by atoms with E-state index in [0.717, 1.165) is 0 Å². The number of carbonyl (C=O) groups is 2. The summed E-state index contributed by atoms with van der Waals surface area (Å²) in [7, 11) is 0. The van der Waals surface area contributed by atoms with Crippen LogP contribution in [0.25, 0.3) is 0 Å². The van der Waals surface area contributed by atoms with Crippen LogP contribution in [0.2, 0.25) is 0 Å². The largest absolute Gasteiger partial charge is 0.456 e. The number of rotatable bonds is 5. The fraction of sp³-hybridized carbons (Fsp3) is 0.556. The SMILES string of the molecule is C=C(C)C(=O)OCC(=O)OCC(F)(F)C(F)(F)F. The summed E-state index contributed by atoms with van der Waals surface area (Å²) in [5.41, 5.74) is -0.0663. The van der Waals surface area contributed by atoms with Gasteiger partial charge in [0.2, 0.25) is 0 Å². The van der Waals surface area contributed by atoms with Gasteiger partial charge in [-0.15, -0.1) is 0 Å². The summed E-state index contributed by atoms with van der Waals surface area (Å²) in [6, 6.07) is 0. The number of esters is 2. The first-order valence-electron chi connectivity index (χ1n) is 4.40. The Labute approximate surface area is 98.3 Å². The number of hydrogen-bond acceptors (Lipinski definition) is 4. The van der Waals surface area contributed by atoms with Gasteiger partial charge in [-0.05, 0) is 6.92 Å². The second kappa shape index (κ2) is 5.78. The van der Waals surface area contributed by atoms with E-state index in [1.165, 1.54) is 6.92 Å². The van der Waals surface area contributed by atoms with Crippen molar-refractivity contribution in [3.63, 3.8) is 0 Å². The average molecular weight is 276 g/mol. The predicted octanol–water partition coefficient (Wildman–Crippen LogP) is 1.85. The Morgan fingerprint density at radius 3 is 2.00 bits per heavy atom. The topological polar surface area (TPSA) is 52.6 Å². The van der Waals surface area contributed by atoms with Gasteiger partial charge in [0, 0.05) is 5.57 Å². The van der Waals surface area contributed by atoms with Crippen molar-refractivity contribution in [3.8, 4) is 0 Å². The zero-order chi connectivity index (χ0) is 14.6. The van der Waals surface area contributed by atoms with Crippen molar-refractivity contribution in [1.82, 2.24) is 0 Å². The number of halogens is 5. The molecule has 0 radical (unpaired) electrons. The molecule has 104 valence electrons. The molecule has 0 unspecified atom stereocenters. The lowest BCUT2D eigenvalue weighted by Crippen LogP contribution is -2.41. The summed E-state index contributed by atoms with van der Waals surface area (Å²) < 4.78 is 67.4. The van der Waals surface area contributed by atoms with Crippen LogP contribution in [-0.4, -0.2) is 37.3 Å². The van der Waals surface area contributed by atoms with Crippen molar-refractivity contribution in [2.45, 2.75) is 19.0 Å². The van der Waals surface area contributed by atoms with E-state index in [9.17, 15) is 31.5 Å². The highest BCUT2D eigenvalue weighted by Crippen LogP contribution is 2.35. The van der Waals surface area contributed by atoms with Gasteiger partial charge in [-0.25, -0.2) is 9.59 Å². The molecule has 4 nitrogen and oxygen atoms in total. The quantitative estimate of drug-likeness (QED) is 0.437. The second-order valence-corrected chi connectivity index (χ2v) is 3.22. The molecular weight excluding hydrogens is 267 g/mol. The molecule has 0 amide bonds. The minimum atomic E-state index is -5.82. The molecule has 0 aromatic carbocycles. The Hall–Kier alpha value is -1.67. The lowest BCUT2D eigenvalue weighted by atomic mass is 10.3. The zero-order valence-corrected chi connectivity index (χ0v) is 9.14. The van der Waals surface area contributed by atoms with Crippen LogP contribution < -0.4 is 0 Å². The molecule has 0 aromatic heterocycles. The Balaban J connectivity index is 4.13. The van der Waals surface area contributed by atoms with Crippen LogP contribution in [0.1, 0.15) is 6.92 Å². The molecule has 0 bridgehead atoms. The highest BCUT2D eigenvalue weighted by atomic mass is 19.4. The smallest absolute Gasteiger partial charge is 0.456 e. The van der Waals surface area contributed by atoms with Crippen molar-refractivity contribution in [3.05, 3.63) is 12.2 Å². The normalized spacial score (nSPS) is 11.9. The third-order valence-electron chi connectivity index (χ3n) is 1.50. The molecule has 0 spiro atoms. The number of hydrogen-bond donors (Lipinski definition) is 0. The van der Waals surface area contributed by atoms with Gasteiger partial charge in [-0.3, -0.25) is 0 Å². The fourth-order valence-electron chi connectivity index (χ4n) is 0.542. The average Bonchev–Trinajstić information content (AvgIpc) is 2.21. The van der Waals surface area contributed by atoms with E-state index >= 15 is 0 Å². The van der Waals surface area contributed by atoms with Gasteiger partial charge < -0.3 is 9.47 Å². The van der Waals surface area contributed by atoms with Gasteiger partial charge in [-0.1, -0.05) is 6.58 Å². The van der Waals surface area contributed by atoms with E-state index in [0.29, 0.717) is 0 Å². The van der Waals surface area contributed by atoms with Crippen molar-refractivity contribution < 1.29 is 41.0 Å². The van der Waals surface area contributed by atoms with Gasteiger partial charge in [0.15, 0.2) is 13.2 Å². The number of carbonyl (C=O) groups excluding carboxylic acids is 2. The first-order valence-corrected chi connectivity index (χ1v) is 4.40. The molecule has 0 heterocycles. The fourth-order valence-corrected chi connectivity index (χ4v) is 0.542. The molecule has 9 heteroatoms. The van der Waals surface area contributed by atoms with E-state index in [4.69, 9.17) is 0 Å². The van der Waals surface area contributed by atoms with Crippen LogP contribution in [0.4, 0.5) is 22.0 Å². The van der Waals surface area contributed by atoms with Gasteiger partial charge in [0.25, 0.3) is 0 Å². The van der Waals surface area contributed by atoms with Gasteiger partial charge >= 0.3 is 24.0 Å². The molecule has 0 atom stereocenters. The van der Waals surface area contributed by atoms with E-state index in [-0.39, 0.29) is 5.57 Å². The monoisotopic (exact) mass is 276 g/mol. The maximum atomic E-state index is 12.3. The summed E-state index contributed by atoms with van der Waals surface area (Å²) >= 11 is 0. The molecule has 0 fully saturated rings. The van der Waals surface area contributed by atoms with Crippen LogP contribution in [0.5, 0.6) is 0 Å². The Morgan fingerprint density at radius 2 is 1.61 bits per heavy atom. The summed E-state index contributed by atoms with van der Waals surface area (Å²) in [5.74, 6) is -7.66. The highest BCUT2D eigenvalue weighted by Gasteiger charge is 2.58. The van der Waals surface area contributed by atoms with E-state index in [2.05, 4.69) is 16.1 Å². The molecule has 0 saturated heterocycles. The molecule has 18 heavy (non-hydrogen) atoms. The third kappa shape index (κ3) is 5.11. The molecule has 0 rings (SSSR count). The summed E-state index contributed by atoms with van der Waals surface area (Å²) in [4.78, 5) is 21.5. The maximum absolute atomic E-state index is 12.3. The zero-order valence-electron chi connectivity index (χ0n) is 9.14. The first-order chi connectivity index (χ1) is 7.97. The summed E-state index contributed by atoms with van der Waals surface area (Å²) in [6.45, 7) is 1.17. The standard InChI is InChI=1S/C9H9F5O4/c1-5(2)7(16)17-3-6(15)18-4-8(10,11)9(12,13)14/h1,3-4H2,2H3. The second-order valence-electron chi connectivity index (χ2n) is 3.22. The van der Waals surface area contributed by atoms with Gasteiger partial charge in [-0.2, -0.15) is 22.0 Å². The molecule has 0 aliphatic rings. The van der Waals surface area contributed by atoms with E-state index < -0.39 is 37.3 Å². The van der Waals surface area contributed by atoms with E-state index in [1.54, 1.807) is 0 Å². The third-order valence-corrected chi connectivity index (χ3v) is 1.50. The first kappa shape index (κ1) is 16.3. The number of ether oxygens (including phenoxy) is 2. The van der Waals surface area contributed by atoms with Crippen molar-refractivity contribution >= 4 is 11.9 Å². The van der Waals surface area contributed by atoms with Crippen LogP contribution in [0, 0.1) is 0 Å². The summed E-state index contributed by atoms with van der Waals surface area (Å²) in [5, 5.41) is 0. The van der Waals surface area contributed by atoms with Crippen LogP contribution in [-0.2, 0) is 19.1 Å². The highest BCUT2D eigenvalue weighted by molar-refractivity contribution is 5.88. The van der Waals surface area contributed by atoms with Crippen molar-refractivity contribution in [2.24, 2.45) is 0 Å². The minimum absolute atomic E-state index is 0.0663. The number of alkyl halides is 5. The van der Waals surface area contributed by atoms with Gasteiger partial charge in [0.05, 0.1) is 0 Å². The Morgan fingerprint density at radius 1 is 1.11 bits per heavy atom. The predicted molar refractivity (Wildman–Crippen MR) is 47.7 cm³/mol. The van der Waals surface area contributed by atoms with Crippen LogP contribution >= 0.6 is 0 Å². The van der Waals surface area contributed by atoms with Crippen molar-refractivity contribution in [1.29, 1.82) is 0 Å².